The molecule has 2 fully saturated rings. The number of ether oxygens (including phenoxy) is 2. The Morgan fingerprint density at radius 3 is 2.56 bits per heavy atom. The van der Waals surface area contributed by atoms with Gasteiger partial charge in [-0.25, -0.2) is 4.90 Å². The van der Waals surface area contributed by atoms with Crippen LogP contribution >= 0.6 is 0 Å². The van der Waals surface area contributed by atoms with Crippen LogP contribution in [0, 0.1) is 23.7 Å². The first-order valence-electron chi connectivity index (χ1n) is 10.6. The fraction of sp³-hybridized carbons (Fsp3) is 0.320. The molecule has 164 valence electrons. The van der Waals surface area contributed by atoms with Crippen molar-refractivity contribution in [2.24, 2.45) is 23.7 Å². The van der Waals surface area contributed by atoms with Crippen molar-refractivity contribution in [2.75, 3.05) is 24.4 Å². The number of carbonyl (C=O) groups excluding carboxylic acids is 3. The average molecular weight is 432 g/mol. The maximum absolute atomic E-state index is 13.2. The molecule has 7 heteroatoms. The molecule has 0 aromatic heterocycles. The summed E-state index contributed by atoms with van der Waals surface area (Å²) >= 11 is 0. The fourth-order valence-corrected chi connectivity index (χ4v) is 5.42. The lowest BCUT2D eigenvalue weighted by atomic mass is 9.82. The first-order chi connectivity index (χ1) is 15.4. The van der Waals surface area contributed by atoms with Crippen LogP contribution in [0.3, 0.4) is 0 Å². The number of carbonyl (C=O) groups is 3. The Morgan fingerprint density at radius 1 is 1.03 bits per heavy atom. The quantitative estimate of drug-likeness (QED) is 0.576. The molecule has 4 atom stereocenters. The molecule has 1 aliphatic heterocycles. The highest BCUT2D eigenvalue weighted by Crippen LogP contribution is 2.55. The number of hydrogen-bond acceptors (Lipinski definition) is 5. The van der Waals surface area contributed by atoms with E-state index in [-0.39, 0.29) is 41.4 Å². The maximum atomic E-state index is 13.2. The van der Waals surface area contributed by atoms with Gasteiger partial charge in [0, 0.05) is 11.6 Å². The van der Waals surface area contributed by atoms with E-state index in [0.717, 1.165) is 6.42 Å². The lowest BCUT2D eigenvalue weighted by molar-refractivity contribution is -0.123. The van der Waals surface area contributed by atoms with Gasteiger partial charge in [0.05, 0.1) is 37.4 Å². The molecule has 0 radical (unpaired) electrons. The van der Waals surface area contributed by atoms with E-state index in [1.54, 1.807) is 49.6 Å². The molecule has 2 aromatic rings. The highest BCUT2D eigenvalue weighted by molar-refractivity contribution is 6.23. The Kier molecular flexibility index (Phi) is 4.77. The van der Waals surface area contributed by atoms with Crippen LogP contribution < -0.4 is 19.7 Å². The first-order valence-corrected chi connectivity index (χ1v) is 10.6. The molecule has 5 rings (SSSR count). The molecule has 2 bridgehead atoms. The van der Waals surface area contributed by atoms with Gasteiger partial charge in [-0.2, -0.15) is 0 Å². The molecule has 32 heavy (non-hydrogen) atoms. The van der Waals surface area contributed by atoms with Gasteiger partial charge in [0.2, 0.25) is 11.8 Å². The summed E-state index contributed by atoms with van der Waals surface area (Å²) in [5.74, 6) is 0.0905. The molecule has 3 amide bonds. The number of nitrogens with zero attached hydrogens (tertiary/aromatic N) is 1. The predicted molar refractivity (Wildman–Crippen MR) is 119 cm³/mol. The zero-order valence-corrected chi connectivity index (χ0v) is 18.1. The number of fused-ring (bicyclic) bond motifs is 5. The minimum Gasteiger partial charge on any atom is -0.497 e. The van der Waals surface area contributed by atoms with Crippen molar-refractivity contribution in [3.05, 3.63) is 59.7 Å². The zero-order valence-electron chi connectivity index (χ0n) is 18.1. The SMILES string of the molecule is COc1ccc(OC)c(NC(=O)c2cccc(N3C(=O)[C@@H]4[C@H](C3=O)[C@@H]3C[C@@H]4C=C3C)c2)c1. The number of nitrogens with one attached hydrogen (secondary N) is 1. The molecule has 1 heterocycles. The van der Waals surface area contributed by atoms with Gasteiger partial charge in [-0.15, -0.1) is 0 Å². The second-order valence-corrected chi connectivity index (χ2v) is 8.55. The number of imide groups is 1. The van der Waals surface area contributed by atoms with Crippen molar-refractivity contribution < 1.29 is 23.9 Å². The molecule has 1 N–H and O–H groups in total. The maximum Gasteiger partial charge on any atom is 0.255 e. The number of allylic oxidation sites excluding steroid dienone is 2. The van der Waals surface area contributed by atoms with Gasteiger partial charge in [-0.3, -0.25) is 14.4 Å². The molecule has 1 saturated heterocycles. The van der Waals surface area contributed by atoms with Gasteiger partial charge in [-0.05, 0) is 55.5 Å². The zero-order chi connectivity index (χ0) is 22.6. The molecule has 3 aliphatic rings. The first kappa shape index (κ1) is 20.3. The van der Waals surface area contributed by atoms with E-state index in [1.165, 1.54) is 17.6 Å². The minimum atomic E-state index is -0.379. The predicted octanol–water partition coefficient (Wildman–Crippen LogP) is 3.66. The normalized spacial score (nSPS) is 25.6. The van der Waals surface area contributed by atoms with Crippen LogP contribution in [-0.4, -0.2) is 31.9 Å². The molecule has 1 saturated carbocycles. The van der Waals surface area contributed by atoms with E-state index in [9.17, 15) is 14.4 Å². The van der Waals surface area contributed by atoms with Gasteiger partial charge < -0.3 is 14.8 Å². The number of methoxy groups -OCH3 is 2. The summed E-state index contributed by atoms with van der Waals surface area (Å²) in [7, 11) is 3.06. The Hall–Kier alpha value is -3.61. The van der Waals surface area contributed by atoms with E-state index in [4.69, 9.17) is 9.47 Å². The molecule has 0 unspecified atom stereocenters. The van der Waals surface area contributed by atoms with Crippen LogP contribution in [0.4, 0.5) is 11.4 Å². The van der Waals surface area contributed by atoms with Crippen LogP contribution in [0.2, 0.25) is 0 Å². The van der Waals surface area contributed by atoms with E-state index in [0.29, 0.717) is 28.4 Å². The van der Waals surface area contributed by atoms with Crippen molar-refractivity contribution in [3.8, 4) is 11.5 Å². The second-order valence-electron chi connectivity index (χ2n) is 8.55. The van der Waals surface area contributed by atoms with Gasteiger partial charge in [0.1, 0.15) is 11.5 Å². The van der Waals surface area contributed by atoms with Crippen LogP contribution in [-0.2, 0) is 9.59 Å². The third-order valence-electron chi connectivity index (χ3n) is 6.90. The van der Waals surface area contributed by atoms with Gasteiger partial charge in [-0.1, -0.05) is 17.7 Å². The van der Waals surface area contributed by atoms with Crippen molar-refractivity contribution in [2.45, 2.75) is 13.3 Å². The Balaban J connectivity index is 1.41. The number of anilines is 2. The van der Waals surface area contributed by atoms with Crippen molar-refractivity contribution in [1.29, 1.82) is 0 Å². The van der Waals surface area contributed by atoms with Gasteiger partial charge in [0.15, 0.2) is 0 Å². The van der Waals surface area contributed by atoms with Crippen LogP contribution in [0.25, 0.3) is 0 Å². The summed E-state index contributed by atoms with van der Waals surface area (Å²) in [6, 6.07) is 11.7. The lowest BCUT2D eigenvalue weighted by Crippen LogP contribution is -2.33. The van der Waals surface area contributed by atoms with Crippen LogP contribution in [0.1, 0.15) is 23.7 Å². The standard InChI is InChI=1S/C25H24N2O5/c1-13-9-15-11-18(13)22-21(15)24(29)27(25(22)30)16-6-4-5-14(10-16)23(28)26-19-12-17(31-2)7-8-20(19)32-3/h4-10,12,15,18,21-22H,11H2,1-3H3,(H,26,28)/t15-,18+,21-,22+/m0/s1. The Labute approximate surface area is 186 Å². The van der Waals surface area contributed by atoms with Crippen molar-refractivity contribution in [1.82, 2.24) is 0 Å². The Morgan fingerprint density at radius 2 is 1.81 bits per heavy atom. The average Bonchev–Trinajstić information content (AvgIpc) is 3.43. The summed E-state index contributed by atoms with van der Waals surface area (Å²) in [6.45, 7) is 2.04. The molecule has 2 aliphatic carbocycles. The van der Waals surface area contributed by atoms with Crippen LogP contribution in [0.15, 0.2) is 54.1 Å². The monoisotopic (exact) mass is 432 g/mol. The smallest absolute Gasteiger partial charge is 0.255 e. The fourth-order valence-electron chi connectivity index (χ4n) is 5.42. The second kappa shape index (κ2) is 7.51. The van der Waals surface area contributed by atoms with Crippen molar-refractivity contribution >= 4 is 29.1 Å². The number of benzene rings is 2. The molecule has 7 nitrogen and oxygen atoms in total. The summed E-state index contributed by atoms with van der Waals surface area (Å²) in [5, 5.41) is 2.82. The topological polar surface area (TPSA) is 84.9 Å². The van der Waals surface area contributed by atoms with Crippen LogP contribution in [0.5, 0.6) is 11.5 Å². The molecule has 2 aromatic carbocycles. The Bertz CT molecular complexity index is 1170. The number of hydrogen-bond donors (Lipinski definition) is 1. The minimum absolute atomic E-state index is 0.137. The largest absolute Gasteiger partial charge is 0.497 e. The number of amides is 3. The summed E-state index contributed by atoms with van der Waals surface area (Å²) in [5.41, 5.74) is 2.43. The number of rotatable bonds is 5. The molecule has 0 spiro atoms. The van der Waals surface area contributed by atoms with Gasteiger partial charge in [0.25, 0.3) is 5.91 Å². The van der Waals surface area contributed by atoms with Gasteiger partial charge >= 0.3 is 0 Å². The summed E-state index contributed by atoms with van der Waals surface area (Å²) < 4.78 is 10.5. The third kappa shape index (κ3) is 2.99. The van der Waals surface area contributed by atoms with Crippen molar-refractivity contribution in [3.63, 3.8) is 0 Å². The van der Waals surface area contributed by atoms with E-state index in [2.05, 4.69) is 11.4 Å². The lowest BCUT2D eigenvalue weighted by Gasteiger charge is -2.19. The van der Waals surface area contributed by atoms with E-state index in [1.807, 2.05) is 6.92 Å². The third-order valence-corrected chi connectivity index (χ3v) is 6.90. The van der Waals surface area contributed by atoms with E-state index >= 15 is 0 Å². The highest BCUT2D eigenvalue weighted by Gasteiger charge is 2.60. The van der Waals surface area contributed by atoms with E-state index < -0.39 is 0 Å². The molecular weight excluding hydrogens is 408 g/mol. The molecular formula is C25H24N2O5. The highest BCUT2D eigenvalue weighted by atomic mass is 16.5. The summed E-state index contributed by atoms with van der Waals surface area (Å²) in [4.78, 5) is 40.6. The summed E-state index contributed by atoms with van der Waals surface area (Å²) in [6.07, 6.45) is 3.03.